The van der Waals surface area contributed by atoms with Gasteiger partial charge < -0.3 is 15.0 Å². The normalized spacial score (nSPS) is 31.4. The molecule has 0 aromatic rings. The van der Waals surface area contributed by atoms with E-state index in [2.05, 4.69) is 17.3 Å². The molecule has 0 aromatic heterocycles. The van der Waals surface area contributed by atoms with Crippen LogP contribution in [0.4, 0.5) is 0 Å². The van der Waals surface area contributed by atoms with Crippen LogP contribution in [0.15, 0.2) is 0 Å². The minimum Gasteiger partial charge on any atom is -0.381 e. The van der Waals surface area contributed by atoms with E-state index in [9.17, 15) is 0 Å². The lowest BCUT2D eigenvalue weighted by atomic mass is 10.0. The van der Waals surface area contributed by atoms with Crippen molar-refractivity contribution in [3.63, 3.8) is 0 Å². The molecule has 1 unspecified atom stereocenters. The van der Waals surface area contributed by atoms with Crippen molar-refractivity contribution in [1.82, 2.24) is 10.2 Å². The van der Waals surface area contributed by atoms with Crippen LogP contribution in [-0.2, 0) is 4.74 Å². The zero-order valence-corrected chi connectivity index (χ0v) is 9.87. The molecule has 15 heavy (non-hydrogen) atoms. The van der Waals surface area contributed by atoms with Gasteiger partial charge in [-0.1, -0.05) is 0 Å². The highest BCUT2D eigenvalue weighted by Crippen LogP contribution is 2.13. The molecule has 2 saturated heterocycles. The van der Waals surface area contributed by atoms with E-state index >= 15 is 0 Å². The first-order valence-electron chi connectivity index (χ1n) is 6.37. The van der Waals surface area contributed by atoms with Crippen LogP contribution in [-0.4, -0.2) is 50.3 Å². The Morgan fingerprint density at radius 3 is 2.53 bits per heavy atom. The molecule has 2 rings (SSSR count). The van der Waals surface area contributed by atoms with Crippen LogP contribution in [0.1, 0.15) is 32.1 Å². The zero-order valence-electron chi connectivity index (χ0n) is 9.87. The van der Waals surface area contributed by atoms with Crippen molar-refractivity contribution in [3.05, 3.63) is 0 Å². The molecule has 0 spiro atoms. The maximum absolute atomic E-state index is 5.48. The number of nitrogens with one attached hydrogen (secondary N) is 1. The number of likely N-dealkylation sites (tertiary alicyclic amines) is 1. The van der Waals surface area contributed by atoms with E-state index < -0.39 is 0 Å². The molecule has 0 amide bonds. The molecule has 2 fully saturated rings. The first-order chi connectivity index (χ1) is 7.34. The quantitative estimate of drug-likeness (QED) is 0.745. The lowest BCUT2D eigenvalue weighted by Gasteiger charge is -2.32. The van der Waals surface area contributed by atoms with E-state index in [-0.39, 0.29) is 0 Å². The number of rotatable bonds is 2. The Morgan fingerprint density at radius 2 is 1.73 bits per heavy atom. The Labute approximate surface area is 93.2 Å². The topological polar surface area (TPSA) is 24.5 Å². The summed E-state index contributed by atoms with van der Waals surface area (Å²) in [4.78, 5) is 2.42. The fraction of sp³-hybridized carbons (Fsp3) is 1.00. The van der Waals surface area contributed by atoms with E-state index in [4.69, 9.17) is 4.74 Å². The lowest BCUT2D eigenvalue weighted by Crippen LogP contribution is -2.45. The number of hydrogen-bond acceptors (Lipinski definition) is 3. The molecule has 0 aliphatic carbocycles. The van der Waals surface area contributed by atoms with Gasteiger partial charge in [0.2, 0.25) is 0 Å². The standard InChI is InChI=1S/C12H24N2O/c1-14-7-4-12(5-8-14)13-11-3-2-9-15-10-6-11/h11-13H,2-10H2,1H3. The summed E-state index contributed by atoms with van der Waals surface area (Å²) < 4.78 is 5.48. The molecule has 3 heteroatoms. The summed E-state index contributed by atoms with van der Waals surface area (Å²) in [6, 6.07) is 1.46. The van der Waals surface area contributed by atoms with Gasteiger partial charge >= 0.3 is 0 Å². The van der Waals surface area contributed by atoms with Gasteiger partial charge in [0.25, 0.3) is 0 Å². The summed E-state index contributed by atoms with van der Waals surface area (Å²) >= 11 is 0. The Bertz CT molecular complexity index is 170. The second-order valence-corrected chi connectivity index (χ2v) is 4.98. The van der Waals surface area contributed by atoms with Crippen molar-refractivity contribution in [2.24, 2.45) is 0 Å². The third-order valence-corrected chi connectivity index (χ3v) is 3.64. The Kier molecular flexibility index (Phi) is 4.42. The van der Waals surface area contributed by atoms with Crippen LogP contribution in [0.3, 0.4) is 0 Å². The van der Waals surface area contributed by atoms with Crippen LogP contribution in [0, 0.1) is 0 Å². The average molecular weight is 212 g/mol. The van der Waals surface area contributed by atoms with Gasteiger partial charge in [-0.05, 0) is 52.2 Å². The molecule has 1 atom stereocenters. The molecule has 2 aliphatic heterocycles. The maximum Gasteiger partial charge on any atom is 0.0480 e. The van der Waals surface area contributed by atoms with E-state index in [1.807, 2.05) is 0 Å². The van der Waals surface area contributed by atoms with Gasteiger partial charge in [-0.2, -0.15) is 0 Å². The highest BCUT2D eigenvalue weighted by Gasteiger charge is 2.20. The molecule has 0 aromatic carbocycles. The van der Waals surface area contributed by atoms with Crippen molar-refractivity contribution in [1.29, 1.82) is 0 Å². The average Bonchev–Trinajstić information content (AvgIpc) is 2.50. The molecule has 0 saturated carbocycles. The van der Waals surface area contributed by atoms with Gasteiger partial charge in [-0.15, -0.1) is 0 Å². The molecule has 3 nitrogen and oxygen atoms in total. The molecule has 2 aliphatic rings. The fourth-order valence-electron chi connectivity index (χ4n) is 2.58. The fourth-order valence-corrected chi connectivity index (χ4v) is 2.58. The first-order valence-corrected chi connectivity index (χ1v) is 6.37. The largest absolute Gasteiger partial charge is 0.381 e. The van der Waals surface area contributed by atoms with E-state index in [1.54, 1.807) is 0 Å². The predicted molar refractivity (Wildman–Crippen MR) is 62.1 cm³/mol. The number of piperidine rings is 1. The number of hydrogen-bond donors (Lipinski definition) is 1. The minimum absolute atomic E-state index is 0.709. The third kappa shape index (κ3) is 3.74. The van der Waals surface area contributed by atoms with E-state index in [0.29, 0.717) is 6.04 Å². The maximum atomic E-state index is 5.48. The minimum atomic E-state index is 0.709. The van der Waals surface area contributed by atoms with Crippen LogP contribution in [0.25, 0.3) is 0 Å². The van der Waals surface area contributed by atoms with Crippen LogP contribution >= 0.6 is 0 Å². The van der Waals surface area contributed by atoms with Crippen molar-refractivity contribution < 1.29 is 4.74 Å². The van der Waals surface area contributed by atoms with Crippen molar-refractivity contribution in [2.45, 2.75) is 44.2 Å². The second kappa shape index (κ2) is 5.83. The lowest BCUT2D eigenvalue weighted by molar-refractivity contribution is 0.141. The van der Waals surface area contributed by atoms with Crippen molar-refractivity contribution in [2.75, 3.05) is 33.4 Å². The number of ether oxygens (including phenoxy) is 1. The molecule has 0 radical (unpaired) electrons. The monoisotopic (exact) mass is 212 g/mol. The van der Waals surface area contributed by atoms with Crippen molar-refractivity contribution >= 4 is 0 Å². The SMILES string of the molecule is CN1CCC(NC2CCCOCC2)CC1. The Morgan fingerprint density at radius 1 is 1.00 bits per heavy atom. The molecular formula is C12H24N2O. The van der Waals surface area contributed by atoms with Gasteiger partial charge in [0.15, 0.2) is 0 Å². The summed E-state index contributed by atoms with van der Waals surface area (Å²) in [6.07, 6.45) is 6.35. The van der Waals surface area contributed by atoms with Crippen LogP contribution in [0.2, 0.25) is 0 Å². The van der Waals surface area contributed by atoms with Gasteiger partial charge in [-0.3, -0.25) is 0 Å². The summed E-state index contributed by atoms with van der Waals surface area (Å²) in [5.74, 6) is 0. The molecule has 0 bridgehead atoms. The van der Waals surface area contributed by atoms with Crippen LogP contribution in [0.5, 0.6) is 0 Å². The molecular weight excluding hydrogens is 188 g/mol. The first kappa shape index (κ1) is 11.4. The van der Waals surface area contributed by atoms with Crippen molar-refractivity contribution in [3.8, 4) is 0 Å². The molecule has 88 valence electrons. The Hall–Kier alpha value is -0.120. The third-order valence-electron chi connectivity index (χ3n) is 3.64. The summed E-state index contributed by atoms with van der Waals surface area (Å²) in [5, 5.41) is 3.81. The summed E-state index contributed by atoms with van der Waals surface area (Å²) in [5.41, 5.74) is 0. The highest BCUT2D eigenvalue weighted by molar-refractivity contribution is 4.80. The highest BCUT2D eigenvalue weighted by atomic mass is 16.5. The second-order valence-electron chi connectivity index (χ2n) is 4.98. The van der Waals surface area contributed by atoms with E-state index in [1.165, 1.54) is 45.2 Å². The summed E-state index contributed by atoms with van der Waals surface area (Å²) in [7, 11) is 2.22. The van der Waals surface area contributed by atoms with Crippen LogP contribution < -0.4 is 5.32 Å². The van der Waals surface area contributed by atoms with Gasteiger partial charge in [0, 0.05) is 25.3 Å². The molecule has 1 N–H and O–H groups in total. The van der Waals surface area contributed by atoms with Gasteiger partial charge in [0.1, 0.15) is 0 Å². The van der Waals surface area contributed by atoms with Gasteiger partial charge in [0.05, 0.1) is 0 Å². The van der Waals surface area contributed by atoms with Gasteiger partial charge in [-0.25, -0.2) is 0 Å². The predicted octanol–water partition coefficient (Wildman–Crippen LogP) is 1.24. The summed E-state index contributed by atoms with van der Waals surface area (Å²) in [6.45, 7) is 4.41. The smallest absolute Gasteiger partial charge is 0.0480 e. The molecule has 2 heterocycles. The number of nitrogens with zero attached hydrogens (tertiary/aromatic N) is 1. The van der Waals surface area contributed by atoms with E-state index in [0.717, 1.165) is 19.3 Å². The Balaban J connectivity index is 1.70. The zero-order chi connectivity index (χ0) is 10.5.